The molecule has 0 amide bonds. The number of nitrogens with one attached hydrogen (secondary N) is 1. The van der Waals surface area contributed by atoms with Gasteiger partial charge < -0.3 is 10.7 Å². The van der Waals surface area contributed by atoms with Crippen molar-refractivity contribution in [2.45, 2.75) is 13.0 Å². The van der Waals surface area contributed by atoms with Gasteiger partial charge in [-0.1, -0.05) is 0 Å². The highest BCUT2D eigenvalue weighted by Gasteiger charge is 2.06. The van der Waals surface area contributed by atoms with Gasteiger partial charge in [-0.3, -0.25) is 0 Å². The van der Waals surface area contributed by atoms with Crippen LogP contribution in [0.1, 0.15) is 18.5 Å². The maximum Gasteiger partial charge on any atom is 0.137 e. The van der Waals surface area contributed by atoms with Gasteiger partial charge >= 0.3 is 0 Å². The molecule has 62 valence electrons. The van der Waals surface area contributed by atoms with Gasteiger partial charge in [-0.25, -0.2) is 4.98 Å². The minimum atomic E-state index is 0.0583. The first kappa shape index (κ1) is 7.31. The van der Waals surface area contributed by atoms with Crippen molar-refractivity contribution in [3.8, 4) is 0 Å². The summed E-state index contributed by atoms with van der Waals surface area (Å²) >= 11 is 0. The van der Waals surface area contributed by atoms with E-state index in [0.29, 0.717) is 0 Å². The average Bonchev–Trinajstić information content (AvgIpc) is 2.47. The van der Waals surface area contributed by atoms with Gasteiger partial charge in [-0.05, 0) is 24.6 Å². The fraction of sp³-hybridized carbons (Fsp3) is 0.222. The van der Waals surface area contributed by atoms with Crippen LogP contribution in [0, 0.1) is 0 Å². The highest BCUT2D eigenvalue weighted by atomic mass is 14.8. The standard InChI is InChI=1S/C9H11N3/c1-6(10)8-5-12-9-7(8)3-2-4-11-9/h2-6H,10H2,1H3,(H,11,12)/t6-/m1/s1. The number of aromatic nitrogens is 2. The Kier molecular flexibility index (Phi) is 1.59. The molecule has 3 nitrogen and oxygen atoms in total. The van der Waals surface area contributed by atoms with E-state index < -0.39 is 0 Å². The molecule has 12 heavy (non-hydrogen) atoms. The molecule has 0 aliphatic rings. The Hall–Kier alpha value is -1.35. The smallest absolute Gasteiger partial charge is 0.137 e. The van der Waals surface area contributed by atoms with Crippen LogP contribution in [0.3, 0.4) is 0 Å². The number of hydrogen-bond acceptors (Lipinski definition) is 2. The third kappa shape index (κ3) is 0.987. The molecule has 0 unspecified atom stereocenters. The number of pyridine rings is 1. The van der Waals surface area contributed by atoms with Crippen molar-refractivity contribution in [3.63, 3.8) is 0 Å². The van der Waals surface area contributed by atoms with Crippen LogP contribution in [0.25, 0.3) is 11.0 Å². The van der Waals surface area contributed by atoms with Crippen molar-refractivity contribution < 1.29 is 0 Å². The SMILES string of the molecule is C[C@@H](N)c1c[nH]c2ncccc12. The van der Waals surface area contributed by atoms with E-state index in [1.165, 1.54) is 0 Å². The lowest BCUT2D eigenvalue weighted by molar-refractivity contribution is 0.826. The summed E-state index contributed by atoms with van der Waals surface area (Å²) in [6.45, 7) is 1.97. The molecule has 2 aromatic rings. The molecule has 3 N–H and O–H groups in total. The van der Waals surface area contributed by atoms with E-state index in [9.17, 15) is 0 Å². The van der Waals surface area contributed by atoms with Crippen LogP contribution in [0.4, 0.5) is 0 Å². The Morgan fingerprint density at radius 2 is 2.42 bits per heavy atom. The summed E-state index contributed by atoms with van der Waals surface area (Å²) < 4.78 is 0. The average molecular weight is 161 g/mol. The zero-order valence-electron chi connectivity index (χ0n) is 6.91. The van der Waals surface area contributed by atoms with E-state index in [1.807, 2.05) is 25.3 Å². The monoisotopic (exact) mass is 161 g/mol. The number of aromatic amines is 1. The van der Waals surface area contributed by atoms with Crippen LogP contribution >= 0.6 is 0 Å². The molecule has 2 heterocycles. The van der Waals surface area contributed by atoms with Crippen LogP contribution in [0.5, 0.6) is 0 Å². The van der Waals surface area contributed by atoms with E-state index >= 15 is 0 Å². The summed E-state index contributed by atoms with van der Waals surface area (Å²) in [7, 11) is 0. The van der Waals surface area contributed by atoms with Crippen LogP contribution in [0.15, 0.2) is 24.5 Å². The Balaban J connectivity index is 2.70. The number of fused-ring (bicyclic) bond motifs is 1. The Bertz CT molecular complexity index is 389. The second-order valence-electron chi connectivity index (χ2n) is 2.93. The number of nitrogens with two attached hydrogens (primary N) is 1. The van der Waals surface area contributed by atoms with Crippen molar-refractivity contribution in [3.05, 3.63) is 30.1 Å². The summed E-state index contributed by atoms with van der Waals surface area (Å²) in [5.74, 6) is 0. The second kappa shape index (κ2) is 2.60. The van der Waals surface area contributed by atoms with Crippen molar-refractivity contribution in [1.29, 1.82) is 0 Å². The zero-order valence-corrected chi connectivity index (χ0v) is 6.91. The van der Waals surface area contributed by atoms with Gasteiger partial charge in [0.1, 0.15) is 5.65 Å². The first-order valence-electron chi connectivity index (χ1n) is 3.96. The Morgan fingerprint density at radius 3 is 3.17 bits per heavy atom. The van der Waals surface area contributed by atoms with Crippen molar-refractivity contribution in [1.82, 2.24) is 9.97 Å². The van der Waals surface area contributed by atoms with Crippen LogP contribution in [0.2, 0.25) is 0 Å². The predicted octanol–water partition coefficient (Wildman–Crippen LogP) is 1.58. The number of nitrogens with zero attached hydrogens (tertiary/aromatic N) is 1. The minimum Gasteiger partial charge on any atom is -0.346 e. The van der Waals surface area contributed by atoms with Gasteiger partial charge in [0.15, 0.2) is 0 Å². The minimum absolute atomic E-state index is 0.0583. The summed E-state index contributed by atoms with van der Waals surface area (Å²) in [5.41, 5.74) is 7.81. The molecule has 2 rings (SSSR count). The summed E-state index contributed by atoms with van der Waals surface area (Å²) in [5, 5.41) is 1.12. The number of hydrogen-bond donors (Lipinski definition) is 2. The molecule has 1 atom stereocenters. The zero-order chi connectivity index (χ0) is 8.55. The quantitative estimate of drug-likeness (QED) is 0.667. The lowest BCUT2D eigenvalue weighted by Crippen LogP contribution is -2.03. The third-order valence-electron chi connectivity index (χ3n) is 1.97. The van der Waals surface area contributed by atoms with Gasteiger partial charge in [0.2, 0.25) is 0 Å². The lowest BCUT2D eigenvalue weighted by Gasteiger charge is -2.00. The summed E-state index contributed by atoms with van der Waals surface area (Å²) in [6, 6.07) is 4.00. The molecule has 0 aliphatic heterocycles. The highest BCUT2D eigenvalue weighted by molar-refractivity contribution is 5.79. The topological polar surface area (TPSA) is 54.7 Å². The Labute approximate surface area is 70.6 Å². The Morgan fingerprint density at radius 1 is 1.58 bits per heavy atom. The maximum absolute atomic E-state index is 5.78. The van der Waals surface area contributed by atoms with E-state index in [0.717, 1.165) is 16.6 Å². The molecule has 0 saturated heterocycles. The van der Waals surface area contributed by atoms with E-state index in [4.69, 9.17) is 5.73 Å². The molecule has 2 aromatic heterocycles. The first-order chi connectivity index (χ1) is 5.79. The molecule has 0 saturated carbocycles. The van der Waals surface area contributed by atoms with Gasteiger partial charge in [-0.2, -0.15) is 0 Å². The van der Waals surface area contributed by atoms with Crippen LogP contribution < -0.4 is 5.73 Å². The number of H-pyrrole nitrogens is 1. The summed E-state index contributed by atoms with van der Waals surface area (Å²) in [6.07, 6.45) is 3.69. The van der Waals surface area contributed by atoms with Gasteiger partial charge in [0.25, 0.3) is 0 Å². The van der Waals surface area contributed by atoms with E-state index in [1.54, 1.807) is 6.20 Å². The molecular weight excluding hydrogens is 150 g/mol. The molecule has 0 fully saturated rings. The van der Waals surface area contributed by atoms with Crippen molar-refractivity contribution in [2.75, 3.05) is 0 Å². The normalized spacial score (nSPS) is 13.5. The predicted molar refractivity (Wildman–Crippen MR) is 48.7 cm³/mol. The summed E-state index contributed by atoms with van der Waals surface area (Å²) in [4.78, 5) is 7.25. The van der Waals surface area contributed by atoms with Gasteiger partial charge in [0.05, 0.1) is 0 Å². The van der Waals surface area contributed by atoms with Crippen LogP contribution in [-0.4, -0.2) is 9.97 Å². The molecule has 0 bridgehead atoms. The molecule has 0 aliphatic carbocycles. The van der Waals surface area contributed by atoms with E-state index in [2.05, 4.69) is 9.97 Å². The fourth-order valence-electron chi connectivity index (χ4n) is 1.35. The molecule has 0 spiro atoms. The van der Waals surface area contributed by atoms with Crippen molar-refractivity contribution in [2.24, 2.45) is 5.73 Å². The highest BCUT2D eigenvalue weighted by Crippen LogP contribution is 2.20. The largest absolute Gasteiger partial charge is 0.346 e. The molecule has 0 radical (unpaired) electrons. The first-order valence-corrected chi connectivity index (χ1v) is 3.96. The van der Waals surface area contributed by atoms with E-state index in [-0.39, 0.29) is 6.04 Å². The van der Waals surface area contributed by atoms with Crippen molar-refractivity contribution >= 4 is 11.0 Å². The fourth-order valence-corrected chi connectivity index (χ4v) is 1.35. The van der Waals surface area contributed by atoms with Crippen LogP contribution in [-0.2, 0) is 0 Å². The molecular formula is C9H11N3. The number of rotatable bonds is 1. The maximum atomic E-state index is 5.78. The van der Waals surface area contributed by atoms with Gasteiger partial charge in [-0.15, -0.1) is 0 Å². The van der Waals surface area contributed by atoms with Gasteiger partial charge in [0, 0.05) is 23.8 Å². The molecule has 3 heteroatoms. The second-order valence-corrected chi connectivity index (χ2v) is 2.93. The molecule has 0 aromatic carbocycles. The third-order valence-corrected chi connectivity index (χ3v) is 1.97. The lowest BCUT2D eigenvalue weighted by atomic mass is 10.1.